The molecule has 0 saturated carbocycles. The zero-order chi connectivity index (χ0) is 11.1. The number of rotatable bonds is 5. The third-order valence-corrected chi connectivity index (χ3v) is 1.76. The SMILES string of the molecule is C=CC(=O)NCc1ccc(OC=O)cc1. The van der Waals surface area contributed by atoms with Gasteiger partial charge in [0, 0.05) is 6.54 Å². The van der Waals surface area contributed by atoms with E-state index in [9.17, 15) is 9.59 Å². The van der Waals surface area contributed by atoms with E-state index in [0.717, 1.165) is 5.56 Å². The molecule has 4 nitrogen and oxygen atoms in total. The van der Waals surface area contributed by atoms with Gasteiger partial charge in [-0.2, -0.15) is 0 Å². The van der Waals surface area contributed by atoms with Gasteiger partial charge in [0.25, 0.3) is 6.47 Å². The molecule has 0 aliphatic heterocycles. The van der Waals surface area contributed by atoms with Gasteiger partial charge < -0.3 is 10.1 Å². The molecule has 0 aliphatic carbocycles. The van der Waals surface area contributed by atoms with Crippen LogP contribution in [0.2, 0.25) is 0 Å². The second kappa shape index (κ2) is 5.59. The Hall–Kier alpha value is -2.10. The first-order valence-electron chi connectivity index (χ1n) is 4.36. The number of hydrogen-bond acceptors (Lipinski definition) is 3. The molecular formula is C11H11NO3. The Balaban J connectivity index is 2.52. The van der Waals surface area contributed by atoms with E-state index in [-0.39, 0.29) is 5.91 Å². The lowest BCUT2D eigenvalue weighted by molar-refractivity contribution is -0.120. The minimum Gasteiger partial charge on any atom is -0.429 e. The average molecular weight is 205 g/mol. The van der Waals surface area contributed by atoms with Crippen molar-refractivity contribution in [3.8, 4) is 5.75 Å². The van der Waals surface area contributed by atoms with Gasteiger partial charge in [0.05, 0.1) is 0 Å². The molecule has 0 aromatic heterocycles. The zero-order valence-corrected chi connectivity index (χ0v) is 8.10. The van der Waals surface area contributed by atoms with E-state index in [0.29, 0.717) is 18.8 Å². The normalized spacial score (nSPS) is 9.07. The Kier molecular flexibility index (Phi) is 4.09. The van der Waals surface area contributed by atoms with Crippen LogP contribution in [0.25, 0.3) is 0 Å². The third kappa shape index (κ3) is 3.64. The van der Waals surface area contributed by atoms with Gasteiger partial charge in [-0.05, 0) is 23.8 Å². The highest BCUT2D eigenvalue weighted by Crippen LogP contribution is 2.10. The summed E-state index contributed by atoms with van der Waals surface area (Å²) in [6.45, 7) is 4.13. The van der Waals surface area contributed by atoms with E-state index in [4.69, 9.17) is 0 Å². The van der Waals surface area contributed by atoms with E-state index in [2.05, 4.69) is 16.6 Å². The standard InChI is InChI=1S/C11H11NO3/c1-2-11(14)12-7-9-3-5-10(6-4-9)15-8-13/h2-6,8H,1,7H2,(H,12,14). The number of ether oxygens (including phenoxy) is 1. The Bertz CT molecular complexity index is 357. The summed E-state index contributed by atoms with van der Waals surface area (Å²) in [5.41, 5.74) is 0.920. The number of nitrogens with one attached hydrogen (secondary N) is 1. The number of benzene rings is 1. The molecule has 0 unspecified atom stereocenters. The molecule has 0 bridgehead atoms. The number of amides is 1. The molecule has 0 aliphatic rings. The third-order valence-electron chi connectivity index (χ3n) is 1.76. The maximum Gasteiger partial charge on any atom is 0.298 e. The van der Waals surface area contributed by atoms with E-state index in [1.165, 1.54) is 6.08 Å². The highest BCUT2D eigenvalue weighted by Gasteiger charge is 1.96. The monoisotopic (exact) mass is 205 g/mol. The van der Waals surface area contributed by atoms with Crippen LogP contribution in [0.1, 0.15) is 5.56 Å². The van der Waals surface area contributed by atoms with Crippen molar-refractivity contribution in [1.29, 1.82) is 0 Å². The van der Waals surface area contributed by atoms with E-state index < -0.39 is 0 Å². The maximum atomic E-state index is 10.9. The van der Waals surface area contributed by atoms with Crippen LogP contribution < -0.4 is 10.1 Å². The summed E-state index contributed by atoms with van der Waals surface area (Å²) in [5.74, 6) is 0.256. The summed E-state index contributed by atoms with van der Waals surface area (Å²) in [7, 11) is 0. The quantitative estimate of drug-likeness (QED) is 0.577. The summed E-state index contributed by atoms with van der Waals surface area (Å²) in [5, 5.41) is 2.63. The van der Waals surface area contributed by atoms with Crippen LogP contribution in [0.15, 0.2) is 36.9 Å². The number of carbonyl (C=O) groups excluding carboxylic acids is 2. The first-order valence-corrected chi connectivity index (χ1v) is 4.36. The summed E-state index contributed by atoms with van der Waals surface area (Å²) >= 11 is 0. The largest absolute Gasteiger partial charge is 0.429 e. The Labute approximate surface area is 87.6 Å². The van der Waals surface area contributed by atoms with Crippen LogP contribution in [-0.2, 0) is 16.1 Å². The maximum absolute atomic E-state index is 10.9. The molecule has 1 N–H and O–H groups in total. The van der Waals surface area contributed by atoms with Crippen molar-refractivity contribution < 1.29 is 14.3 Å². The highest BCUT2D eigenvalue weighted by molar-refractivity contribution is 5.86. The van der Waals surface area contributed by atoms with Gasteiger partial charge >= 0.3 is 0 Å². The highest BCUT2D eigenvalue weighted by atomic mass is 16.5. The smallest absolute Gasteiger partial charge is 0.298 e. The average Bonchev–Trinajstić information content (AvgIpc) is 2.28. The fourth-order valence-corrected chi connectivity index (χ4v) is 1.00. The van der Waals surface area contributed by atoms with E-state index in [1.54, 1.807) is 24.3 Å². The van der Waals surface area contributed by atoms with Gasteiger partial charge in [-0.1, -0.05) is 18.7 Å². The van der Waals surface area contributed by atoms with Gasteiger partial charge in [0.1, 0.15) is 5.75 Å². The molecule has 15 heavy (non-hydrogen) atoms. The Morgan fingerprint density at radius 2 is 2.07 bits per heavy atom. The van der Waals surface area contributed by atoms with Crippen molar-refractivity contribution in [2.24, 2.45) is 0 Å². The molecule has 1 aromatic rings. The van der Waals surface area contributed by atoms with Crippen LogP contribution in [-0.4, -0.2) is 12.4 Å². The summed E-state index contributed by atoms with van der Waals surface area (Å²) in [6, 6.07) is 6.85. The van der Waals surface area contributed by atoms with Crippen LogP contribution in [0, 0.1) is 0 Å². The van der Waals surface area contributed by atoms with Gasteiger partial charge in [-0.3, -0.25) is 9.59 Å². The topological polar surface area (TPSA) is 55.4 Å². The molecule has 78 valence electrons. The second-order valence-corrected chi connectivity index (χ2v) is 2.78. The molecule has 0 atom stereocenters. The van der Waals surface area contributed by atoms with Crippen LogP contribution in [0.3, 0.4) is 0 Å². The molecule has 4 heteroatoms. The van der Waals surface area contributed by atoms with Crippen molar-refractivity contribution in [2.45, 2.75) is 6.54 Å². The lowest BCUT2D eigenvalue weighted by atomic mass is 10.2. The summed E-state index contributed by atoms with van der Waals surface area (Å²) in [6.07, 6.45) is 1.21. The molecular weight excluding hydrogens is 194 g/mol. The van der Waals surface area contributed by atoms with Crippen molar-refractivity contribution in [3.05, 3.63) is 42.5 Å². The predicted octanol–water partition coefficient (Wildman–Crippen LogP) is 1.02. The van der Waals surface area contributed by atoms with Crippen molar-refractivity contribution in [3.63, 3.8) is 0 Å². The fraction of sp³-hybridized carbons (Fsp3) is 0.0909. The minimum atomic E-state index is -0.219. The molecule has 0 radical (unpaired) electrons. The number of carbonyl (C=O) groups is 2. The van der Waals surface area contributed by atoms with E-state index >= 15 is 0 Å². The van der Waals surface area contributed by atoms with Crippen LogP contribution in [0.4, 0.5) is 0 Å². The van der Waals surface area contributed by atoms with Crippen LogP contribution >= 0.6 is 0 Å². The van der Waals surface area contributed by atoms with Gasteiger partial charge in [-0.25, -0.2) is 0 Å². The summed E-state index contributed by atoms with van der Waals surface area (Å²) < 4.78 is 4.62. The molecule has 1 aromatic carbocycles. The molecule has 0 saturated heterocycles. The van der Waals surface area contributed by atoms with E-state index in [1.807, 2.05) is 0 Å². The van der Waals surface area contributed by atoms with Gasteiger partial charge in [-0.15, -0.1) is 0 Å². The minimum absolute atomic E-state index is 0.219. The first-order chi connectivity index (χ1) is 7.26. The Morgan fingerprint density at radius 1 is 1.40 bits per heavy atom. The van der Waals surface area contributed by atoms with Gasteiger partial charge in [0.15, 0.2) is 0 Å². The van der Waals surface area contributed by atoms with Crippen LogP contribution in [0.5, 0.6) is 5.75 Å². The predicted molar refractivity (Wildman–Crippen MR) is 55.2 cm³/mol. The molecule has 0 heterocycles. The lowest BCUT2D eigenvalue weighted by Crippen LogP contribution is -2.19. The summed E-state index contributed by atoms with van der Waals surface area (Å²) in [4.78, 5) is 20.9. The van der Waals surface area contributed by atoms with Crippen molar-refractivity contribution in [2.75, 3.05) is 0 Å². The van der Waals surface area contributed by atoms with Gasteiger partial charge in [0.2, 0.25) is 5.91 Å². The molecule has 1 amide bonds. The van der Waals surface area contributed by atoms with Crippen molar-refractivity contribution in [1.82, 2.24) is 5.32 Å². The second-order valence-electron chi connectivity index (χ2n) is 2.78. The first kappa shape index (κ1) is 11.0. The molecule has 0 fully saturated rings. The van der Waals surface area contributed by atoms with Crippen molar-refractivity contribution >= 4 is 12.4 Å². The molecule has 0 spiro atoms. The zero-order valence-electron chi connectivity index (χ0n) is 8.10. The number of hydrogen-bond donors (Lipinski definition) is 1. The Morgan fingerprint density at radius 3 is 2.60 bits per heavy atom. The molecule has 1 rings (SSSR count). The lowest BCUT2D eigenvalue weighted by Gasteiger charge is -2.03. The fourth-order valence-electron chi connectivity index (χ4n) is 1.00.